The molecule has 0 saturated carbocycles. The van der Waals surface area contributed by atoms with Crippen LogP contribution < -0.4 is 0 Å². The number of hydrogen-bond donors (Lipinski definition) is 0. The average molecular weight is 264 g/mol. The minimum atomic E-state index is -1.89. The Morgan fingerprint density at radius 3 is 1.50 bits per heavy atom. The Morgan fingerprint density at radius 1 is 0.812 bits per heavy atom. The van der Waals surface area contributed by atoms with Gasteiger partial charge < -0.3 is 0 Å². The first-order valence-electron chi connectivity index (χ1n) is 6.06. The highest BCUT2D eigenvalue weighted by Gasteiger charge is 2.45. The first-order valence-corrected chi connectivity index (χ1v) is 8.95. The fourth-order valence-corrected chi connectivity index (χ4v) is 4.33. The van der Waals surface area contributed by atoms with Crippen molar-refractivity contribution in [3.05, 3.63) is 0 Å². The minimum Gasteiger partial charge on any atom is -0.188 e. The highest BCUT2D eigenvalue weighted by molar-refractivity contribution is 7.90. The van der Waals surface area contributed by atoms with Gasteiger partial charge in [-0.05, 0) is 25.7 Å². The van der Waals surface area contributed by atoms with Gasteiger partial charge in [0.2, 0.25) is 0 Å². The van der Waals surface area contributed by atoms with Gasteiger partial charge in [0.15, 0.2) is 12.3 Å². The zero-order chi connectivity index (χ0) is 12.4. The lowest BCUT2D eigenvalue weighted by molar-refractivity contribution is 0.273. The first kappa shape index (κ1) is 15.9. The Hall–Kier alpha value is -0.130. The van der Waals surface area contributed by atoms with Gasteiger partial charge >= 0.3 is 20.9 Å². The molecule has 0 aromatic heterocycles. The predicted octanol–water partition coefficient (Wildman–Crippen LogP) is 5.14. The van der Waals surface area contributed by atoms with E-state index < -0.39 is 20.9 Å². The average Bonchev–Trinajstić information content (AvgIpc) is 2.28. The van der Waals surface area contributed by atoms with Crippen molar-refractivity contribution in [2.45, 2.75) is 52.4 Å². The smallest absolute Gasteiger partial charge is 0.188 e. The van der Waals surface area contributed by atoms with Crippen molar-refractivity contribution < 1.29 is 13.9 Å². The SMILES string of the molecule is CCCCC[P+](=O)C(=O)[P+](=O)CCCCC. The van der Waals surface area contributed by atoms with E-state index in [9.17, 15) is 13.9 Å². The van der Waals surface area contributed by atoms with Crippen molar-refractivity contribution >= 4 is 20.9 Å². The largest absolute Gasteiger partial charge is 0.594 e. The molecule has 2 atom stereocenters. The third-order valence-corrected chi connectivity index (χ3v) is 5.99. The molecule has 92 valence electrons. The lowest BCUT2D eigenvalue weighted by atomic mass is 10.3. The zero-order valence-corrected chi connectivity index (χ0v) is 12.1. The van der Waals surface area contributed by atoms with Crippen LogP contribution in [0.1, 0.15) is 52.4 Å². The van der Waals surface area contributed by atoms with Crippen molar-refractivity contribution in [2.24, 2.45) is 0 Å². The van der Waals surface area contributed by atoms with E-state index in [0.717, 1.165) is 38.5 Å². The van der Waals surface area contributed by atoms with Crippen LogP contribution in [-0.4, -0.2) is 17.6 Å². The fraction of sp³-hybridized carbons (Fsp3) is 0.909. The predicted molar refractivity (Wildman–Crippen MR) is 69.4 cm³/mol. The van der Waals surface area contributed by atoms with Crippen molar-refractivity contribution in [1.82, 2.24) is 0 Å². The maximum Gasteiger partial charge on any atom is 0.594 e. The molecule has 0 aromatic carbocycles. The fourth-order valence-electron chi connectivity index (χ4n) is 1.33. The summed E-state index contributed by atoms with van der Waals surface area (Å²) in [5.74, 6) is 0. The molecule has 0 aliphatic rings. The first-order chi connectivity index (χ1) is 7.63. The van der Waals surface area contributed by atoms with E-state index in [0.29, 0.717) is 12.3 Å². The van der Waals surface area contributed by atoms with Crippen LogP contribution in [0.5, 0.6) is 0 Å². The molecule has 0 radical (unpaired) electrons. The maximum absolute atomic E-state index is 11.5. The Kier molecular flexibility index (Phi) is 9.97. The van der Waals surface area contributed by atoms with Crippen LogP contribution in [0.2, 0.25) is 0 Å². The van der Waals surface area contributed by atoms with Gasteiger partial charge in [-0.15, -0.1) is 0 Å². The Morgan fingerprint density at radius 2 is 1.19 bits per heavy atom. The molecule has 2 unspecified atom stereocenters. The molecule has 0 fully saturated rings. The van der Waals surface area contributed by atoms with Crippen LogP contribution in [0, 0.1) is 0 Å². The molecule has 0 saturated heterocycles. The lowest BCUT2D eigenvalue weighted by Gasteiger charge is -1.86. The second kappa shape index (κ2) is 10.1. The highest BCUT2D eigenvalue weighted by atomic mass is 31.2. The summed E-state index contributed by atoms with van der Waals surface area (Å²) in [6.45, 7) is 4.11. The quantitative estimate of drug-likeness (QED) is 0.405. The van der Waals surface area contributed by atoms with Gasteiger partial charge in [-0.25, -0.2) is 0 Å². The van der Waals surface area contributed by atoms with Crippen LogP contribution in [0.4, 0.5) is 4.79 Å². The van der Waals surface area contributed by atoms with E-state index in [-0.39, 0.29) is 0 Å². The summed E-state index contributed by atoms with van der Waals surface area (Å²) >= 11 is 0. The van der Waals surface area contributed by atoms with Crippen LogP contribution in [0.15, 0.2) is 0 Å². The number of unbranched alkanes of at least 4 members (excludes halogenated alkanes) is 4. The maximum atomic E-state index is 11.5. The van der Waals surface area contributed by atoms with Gasteiger partial charge in [0, 0.05) is 0 Å². The van der Waals surface area contributed by atoms with Gasteiger partial charge in [-0.2, -0.15) is 4.79 Å². The minimum absolute atomic E-state index is 0.414. The van der Waals surface area contributed by atoms with E-state index in [2.05, 4.69) is 13.8 Å². The van der Waals surface area contributed by atoms with Gasteiger partial charge in [0.1, 0.15) is 0 Å². The molecule has 0 heterocycles. The Balaban J connectivity index is 3.83. The van der Waals surface area contributed by atoms with Crippen LogP contribution in [0.3, 0.4) is 0 Å². The summed E-state index contributed by atoms with van der Waals surface area (Å²) in [7, 11) is -3.77. The molecule has 3 nitrogen and oxygen atoms in total. The third-order valence-electron chi connectivity index (χ3n) is 2.36. The summed E-state index contributed by atoms with van der Waals surface area (Å²) in [4.78, 5) is 11.5. The van der Waals surface area contributed by atoms with Crippen molar-refractivity contribution in [2.75, 3.05) is 12.3 Å². The van der Waals surface area contributed by atoms with Crippen molar-refractivity contribution in [3.63, 3.8) is 0 Å². The molecule has 0 aliphatic heterocycles. The van der Waals surface area contributed by atoms with E-state index in [1.54, 1.807) is 0 Å². The molecule has 0 amide bonds. The topological polar surface area (TPSA) is 51.2 Å². The van der Waals surface area contributed by atoms with Crippen molar-refractivity contribution in [1.29, 1.82) is 0 Å². The molecule has 0 rings (SSSR count). The number of hydrogen-bond acceptors (Lipinski definition) is 3. The lowest BCUT2D eigenvalue weighted by Crippen LogP contribution is -1.90. The monoisotopic (exact) mass is 264 g/mol. The van der Waals surface area contributed by atoms with Crippen LogP contribution in [0.25, 0.3) is 0 Å². The Labute approximate surface area is 100.0 Å². The number of carbonyl (C=O) groups is 1. The zero-order valence-electron chi connectivity index (χ0n) is 10.3. The van der Waals surface area contributed by atoms with Gasteiger partial charge in [-0.3, -0.25) is 0 Å². The summed E-state index contributed by atoms with van der Waals surface area (Å²) < 4.78 is 23.0. The van der Waals surface area contributed by atoms with E-state index in [4.69, 9.17) is 0 Å². The molecule has 0 spiro atoms. The molecule has 16 heavy (non-hydrogen) atoms. The molecular weight excluding hydrogens is 242 g/mol. The normalized spacial score (nSPS) is 12.4. The molecular formula is C11H22O3P2+2. The molecule has 5 heteroatoms. The summed E-state index contributed by atoms with van der Waals surface area (Å²) in [6, 6.07) is 0. The van der Waals surface area contributed by atoms with E-state index >= 15 is 0 Å². The van der Waals surface area contributed by atoms with Crippen LogP contribution in [-0.2, 0) is 9.13 Å². The number of rotatable bonds is 10. The Bertz CT molecular complexity index is 228. The van der Waals surface area contributed by atoms with Gasteiger partial charge in [0.05, 0.1) is 0 Å². The molecule has 0 aromatic rings. The van der Waals surface area contributed by atoms with Crippen LogP contribution >= 0.6 is 15.6 Å². The molecule has 0 N–H and O–H groups in total. The second-order valence-electron chi connectivity index (χ2n) is 3.90. The second-order valence-corrected chi connectivity index (χ2v) is 7.47. The summed E-state index contributed by atoms with van der Waals surface area (Å²) in [6.07, 6.45) is 6.49. The number of carbonyl (C=O) groups excluding carboxylic acids is 1. The van der Waals surface area contributed by atoms with E-state index in [1.807, 2.05) is 0 Å². The highest BCUT2D eigenvalue weighted by Crippen LogP contribution is 2.40. The van der Waals surface area contributed by atoms with Gasteiger partial charge in [-0.1, -0.05) is 35.8 Å². The summed E-state index contributed by atoms with van der Waals surface area (Å²) in [5.41, 5.74) is 0. The third kappa shape index (κ3) is 7.19. The molecule has 0 aliphatic carbocycles. The van der Waals surface area contributed by atoms with Gasteiger partial charge in [0.25, 0.3) is 0 Å². The summed E-state index contributed by atoms with van der Waals surface area (Å²) in [5, 5.41) is -0.489. The van der Waals surface area contributed by atoms with E-state index in [1.165, 1.54) is 0 Å². The van der Waals surface area contributed by atoms with Crippen molar-refractivity contribution in [3.8, 4) is 0 Å². The standard InChI is InChI=1S/C11H22O3P2/c1-3-5-7-9-15(13)11(12)16(14)10-8-6-4-2/h3-10H2,1-2H3/q+2. The molecule has 0 bridgehead atoms.